The van der Waals surface area contributed by atoms with Crippen molar-refractivity contribution in [3.05, 3.63) is 0 Å². The van der Waals surface area contributed by atoms with Gasteiger partial charge in [-0.1, -0.05) is 19.3 Å². The number of hydrogen-bond acceptors (Lipinski definition) is 3. The van der Waals surface area contributed by atoms with Crippen LogP contribution >= 0.6 is 0 Å². The van der Waals surface area contributed by atoms with E-state index in [1.165, 1.54) is 51.5 Å². The van der Waals surface area contributed by atoms with Gasteiger partial charge in [0.05, 0.1) is 6.61 Å². The zero-order chi connectivity index (χ0) is 10.9. The minimum Gasteiger partial charge on any atom is -0.359 e. The number of piperidine rings is 1. The van der Waals surface area contributed by atoms with Gasteiger partial charge in [-0.25, -0.2) is 0 Å². The number of ether oxygens (including phenoxy) is 1. The van der Waals surface area contributed by atoms with E-state index in [9.17, 15) is 0 Å². The van der Waals surface area contributed by atoms with Gasteiger partial charge in [0.15, 0.2) is 0 Å². The van der Waals surface area contributed by atoms with Crippen LogP contribution in [0.2, 0.25) is 0 Å². The first-order valence-corrected chi connectivity index (χ1v) is 6.92. The molecule has 3 fully saturated rings. The lowest BCUT2D eigenvalue weighted by molar-refractivity contribution is -0.160. The average molecular weight is 224 g/mol. The highest BCUT2D eigenvalue weighted by molar-refractivity contribution is 4.95. The molecule has 1 atom stereocenters. The molecular weight excluding hydrogens is 200 g/mol. The third-order valence-corrected chi connectivity index (χ3v) is 4.70. The summed E-state index contributed by atoms with van der Waals surface area (Å²) in [6.07, 6.45) is 9.37. The molecule has 1 aliphatic carbocycles. The third kappa shape index (κ3) is 2.01. The number of rotatable bonds is 0. The van der Waals surface area contributed by atoms with Gasteiger partial charge in [0.2, 0.25) is 0 Å². The maximum Gasteiger partial charge on any atom is 0.131 e. The molecule has 0 aromatic heterocycles. The van der Waals surface area contributed by atoms with Crippen molar-refractivity contribution in [3.8, 4) is 0 Å². The van der Waals surface area contributed by atoms with Gasteiger partial charge in [-0.05, 0) is 32.2 Å². The first kappa shape index (κ1) is 11.0. The van der Waals surface area contributed by atoms with Crippen molar-refractivity contribution in [2.75, 3.05) is 26.2 Å². The van der Waals surface area contributed by atoms with E-state index in [0.29, 0.717) is 5.41 Å². The summed E-state index contributed by atoms with van der Waals surface area (Å²) >= 11 is 0. The molecule has 3 nitrogen and oxygen atoms in total. The summed E-state index contributed by atoms with van der Waals surface area (Å²) < 4.78 is 6.23. The van der Waals surface area contributed by atoms with E-state index in [0.717, 1.165) is 19.7 Å². The molecule has 0 aromatic carbocycles. The van der Waals surface area contributed by atoms with E-state index in [1.54, 1.807) is 0 Å². The summed E-state index contributed by atoms with van der Waals surface area (Å²) in [6.45, 7) is 4.30. The minimum atomic E-state index is -0.0268. The molecule has 16 heavy (non-hydrogen) atoms. The van der Waals surface area contributed by atoms with Gasteiger partial charge in [-0.3, -0.25) is 5.32 Å². The van der Waals surface area contributed by atoms with Crippen LogP contribution in [-0.2, 0) is 4.74 Å². The fourth-order valence-corrected chi connectivity index (χ4v) is 3.52. The Bertz CT molecular complexity index is 204. The summed E-state index contributed by atoms with van der Waals surface area (Å²) in [4.78, 5) is 0. The van der Waals surface area contributed by atoms with Crippen LogP contribution < -0.4 is 10.6 Å². The average Bonchev–Trinajstić information content (AvgIpc) is 2.36. The number of nitrogens with one attached hydrogen (secondary N) is 2. The van der Waals surface area contributed by atoms with Crippen molar-refractivity contribution in [2.24, 2.45) is 5.41 Å². The smallest absolute Gasteiger partial charge is 0.131 e. The molecule has 0 amide bonds. The van der Waals surface area contributed by atoms with Crippen molar-refractivity contribution in [1.29, 1.82) is 0 Å². The summed E-state index contributed by atoms with van der Waals surface area (Å²) in [7, 11) is 0. The Hall–Kier alpha value is -0.120. The Labute approximate surface area is 98.3 Å². The number of hydrogen-bond donors (Lipinski definition) is 2. The van der Waals surface area contributed by atoms with Crippen LogP contribution in [0.3, 0.4) is 0 Å². The van der Waals surface area contributed by atoms with Gasteiger partial charge in [0, 0.05) is 18.5 Å². The fraction of sp³-hybridized carbons (Fsp3) is 1.00. The molecule has 2 heterocycles. The predicted molar refractivity (Wildman–Crippen MR) is 64.3 cm³/mol. The van der Waals surface area contributed by atoms with Crippen LogP contribution in [0, 0.1) is 5.41 Å². The van der Waals surface area contributed by atoms with Crippen molar-refractivity contribution in [3.63, 3.8) is 0 Å². The maximum atomic E-state index is 6.23. The highest BCUT2D eigenvalue weighted by atomic mass is 16.5. The Morgan fingerprint density at radius 3 is 2.38 bits per heavy atom. The van der Waals surface area contributed by atoms with E-state index in [-0.39, 0.29) is 5.72 Å². The molecule has 0 radical (unpaired) electrons. The fourth-order valence-electron chi connectivity index (χ4n) is 3.52. The first-order valence-electron chi connectivity index (χ1n) is 6.92. The van der Waals surface area contributed by atoms with Crippen molar-refractivity contribution in [1.82, 2.24) is 10.6 Å². The zero-order valence-electron chi connectivity index (χ0n) is 10.2. The second kappa shape index (κ2) is 4.28. The van der Waals surface area contributed by atoms with Gasteiger partial charge < -0.3 is 10.1 Å². The lowest BCUT2D eigenvalue weighted by Gasteiger charge is -2.50. The molecule has 2 N–H and O–H groups in total. The lowest BCUT2D eigenvalue weighted by atomic mass is 9.73. The van der Waals surface area contributed by atoms with Crippen molar-refractivity contribution in [2.45, 2.75) is 50.7 Å². The van der Waals surface area contributed by atoms with Crippen LogP contribution in [0.4, 0.5) is 0 Å². The summed E-state index contributed by atoms with van der Waals surface area (Å²) in [5.41, 5.74) is 0.446. The summed E-state index contributed by atoms with van der Waals surface area (Å²) in [5, 5.41) is 7.16. The molecule has 3 rings (SSSR count). The Kier molecular flexibility index (Phi) is 2.94. The topological polar surface area (TPSA) is 33.3 Å². The highest BCUT2D eigenvalue weighted by Gasteiger charge is 2.44. The maximum absolute atomic E-state index is 6.23. The third-order valence-electron chi connectivity index (χ3n) is 4.70. The van der Waals surface area contributed by atoms with Gasteiger partial charge in [-0.15, -0.1) is 0 Å². The molecule has 0 aromatic rings. The first-order chi connectivity index (χ1) is 7.83. The Balaban J connectivity index is 1.61. The molecule has 2 aliphatic heterocycles. The predicted octanol–water partition coefficient (Wildman–Crippen LogP) is 1.64. The van der Waals surface area contributed by atoms with E-state index >= 15 is 0 Å². The van der Waals surface area contributed by atoms with E-state index in [2.05, 4.69) is 10.6 Å². The molecular formula is C13H24N2O. The second-order valence-corrected chi connectivity index (χ2v) is 5.98. The van der Waals surface area contributed by atoms with Gasteiger partial charge in [0.25, 0.3) is 0 Å². The second-order valence-electron chi connectivity index (χ2n) is 5.98. The minimum absolute atomic E-state index is 0.0268. The normalized spacial score (nSPS) is 39.0. The quantitative estimate of drug-likeness (QED) is 0.656. The Morgan fingerprint density at radius 2 is 1.75 bits per heavy atom. The molecule has 1 unspecified atom stereocenters. The van der Waals surface area contributed by atoms with Crippen molar-refractivity contribution >= 4 is 0 Å². The zero-order valence-corrected chi connectivity index (χ0v) is 10.2. The largest absolute Gasteiger partial charge is 0.359 e. The van der Waals surface area contributed by atoms with E-state index < -0.39 is 0 Å². The van der Waals surface area contributed by atoms with Crippen molar-refractivity contribution < 1.29 is 4.74 Å². The molecule has 2 saturated heterocycles. The standard InChI is InChI=1S/C13H24N2O/c1-2-5-12(6-3-1)9-15-13(16-11-12)7-4-8-14-10-13/h14-15H,1-11H2. The van der Waals surface area contributed by atoms with Gasteiger partial charge in [0.1, 0.15) is 5.72 Å². The Morgan fingerprint density at radius 1 is 0.875 bits per heavy atom. The van der Waals surface area contributed by atoms with Crippen LogP contribution in [0.25, 0.3) is 0 Å². The van der Waals surface area contributed by atoms with Crippen LogP contribution in [0.15, 0.2) is 0 Å². The van der Waals surface area contributed by atoms with Gasteiger partial charge in [-0.2, -0.15) is 0 Å². The molecule has 3 aliphatic rings. The van der Waals surface area contributed by atoms with Crippen LogP contribution in [-0.4, -0.2) is 32.0 Å². The lowest BCUT2D eigenvalue weighted by Crippen LogP contribution is -2.64. The monoisotopic (exact) mass is 224 g/mol. The SMILES string of the molecule is C1CCC2(CC1)CNC1(CCCNC1)OC2. The van der Waals surface area contributed by atoms with Crippen LogP contribution in [0.5, 0.6) is 0 Å². The van der Waals surface area contributed by atoms with E-state index in [4.69, 9.17) is 4.74 Å². The molecule has 1 saturated carbocycles. The molecule has 0 bridgehead atoms. The molecule has 2 spiro atoms. The summed E-state index contributed by atoms with van der Waals surface area (Å²) in [5.74, 6) is 0. The highest BCUT2D eigenvalue weighted by Crippen LogP contribution is 2.40. The summed E-state index contributed by atoms with van der Waals surface area (Å²) in [6, 6.07) is 0. The molecule has 3 heteroatoms. The van der Waals surface area contributed by atoms with Gasteiger partial charge >= 0.3 is 0 Å². The molecule has 92 valence electrons. The van der Waals surface area contributed by atoms with Crippen LogP contribution in [0.1, 0.15) is 44.9 Å². The van der Waals surface area contributed by atoms with E-state index in [1.807, 2.05) is 0 Å².